The third kappa shape index (κ3) is 2.74. The maximum Gasteiger partial charge on any atom is 0.227 e. The van der Waals surface area contributed by atoms with Gasteiger partial charge in [0.2, 0.25) is 5.71 Å². The van der Waals surface area contributed by atoms with Gasteiger partial charge in [0.15, 0.2) is 0 Å². The summed E-state index contributed by atoms with van der Waals surface area (Å²) in [7, 11) is 2.39. The molecule has 0 amide bonds. The number of fused-ring (bicyclic) bond motifs is 4. The maximum atomic E-state index is 6.26. The van der Waals surface area contributed by atoms with Gasteiger partial charge in [-0.15, -0.1) is 0 Å². The Kier molecular flexibility index (Phi) is 3.95. The molecule has 5 aromatic rings. The van der Waals surface area contributed by atoms with Gasteiger partial charge in [-0.25, -0.2) is 4.98 Å². The fraction of sp³-hybridized carbons (Fsp3) is 0.231. The Morgan fingerprint density at radius 3 is 2.57 bits per heavy atom. The van der Waals surface area contributed by atoms with Gasteiger partial charge in [0.25, 0.3) is 0 Å². The Hall–Kier alpha value is -3.14. The van der Waals surface area contributed by atoms with E-state index in [1.54, 1.807) is 0 Å². The van der Waals surface area contributed by atoms with Crippen LogP contribution in [0.3, 0.4) is 0 Å². The van der Waals surface area contributed by atoms with Crippen molar-refractivity contribution in [2.75, 3.05) is 0 Å². The fourth-order valence-electron chi connectivity index (χ4n) is 5.06. The number of nitrogens with zero attached hydrogens (tertiary/aromatic N) is 2. The molecule has 0 N–H and O–H groups in total. The lowest BCUT2D eigenvalue weighted by molar-refractivity contribution is 0.397. The molecule has 1 aliphatic rings. The molecule has 0 bridgehead atoms. The molecule has 1 fully saturated rings. The van der Waals surface area contributed by atoms with Gasteiger partial charge in [0.05, 0.1) is 11.2 Å². The molecule has 0 unspecified atom stereocenters. The van der Waals surface area contributed by atoms with Crippen molar-refractivity contribution in [3.63, 3.8) is 0 Å². The Bertz CT molecular complexity index is 1380. The SMILES string of the molecule is BC1(c2ccc(-c3cccc4c3oc3nc5ccccc5cc34)nc2)CCCCC1. The predicted molar refractivity (Wildman–Crippen MR) is 126 cm³/mol. The van der Waals surface area contributed by atoms with E-state index in [2.05, 4.69) is 56.5 Å². The zero-order chi connectivity index (χ0) is 20.1. The molecule has 0 radical (unpaired) electrons. The van der Waals surface area contributed by atoms with E-state index in [1.807, 2.05) is 18.2 Å². The van der Waals surface area contributed by atoms with Gasteiger partial charge in [-0.2, -0.15) is 0 Å². The minimum Gasteiger partial charge on any atom is -0.437 e. The summed E-state index contributed by atoms with van der Waals surface area (Å²) < 4.78 is 6.26. The normalized spacial score (nSPS) is 16.4. The highest BCUT2D eigenvalue weighted by Crippen LogP contribution is 2.38. The minimum atomic E-state index is 0.263. The van der Waals surface area contributed by atoms with Gasteiger partial charge in [-0.05, 0) is 35.1 Å². The zero-order valence-corrected chi connectivity index (χ0v) is 17.2. The third-order valence-electron chi connectivity index (χ3n) is 6.89. The molecule has 0 spiro atoms. The molecule has 3 nitrogen and oxygen atoms in total. The maximum absolute atomic E-state index is 6.26. The van der Waals surface area contributed by atoms with Crippen LogP contribution < -0.4 is 0 Å². The number of rotatable bonds is 2. The summed E-state index contributed by atoms with van der Waals surface area (Å²) in [5.41, 5.74) is 5.83. The highest BCUT2D eigenvalue weighted by molar-refractivity contribution is 6.16. The molecule has 2 aromatic carbocycles. The van der Waals surface area contributed by atoms with Gasteiger partial charge in [-0.3, -0.25) is 4.98 Å². The van der Waals surface area contributed by atoms with Gasteiger partial charge in [0, 0.05) is 27.9 Å². The van der Waals surface area contributed by atoms with Crippen LogP contribution in [0.4, 0.5) is 0 Å². The Balaban J connectivity index is 1.48. The van der Waals surface area contributed by atoms with E-state index in [9.17, 15) is 0 Å². The van der Waals surface area contributed by atoms with Crippen LogP contribution in [0.1, 0.15) is 37.7 Å². The van der Waals surface area contributed by atoms with Crippen molar-refractivity contribution in [1.82, 2.24) is 9.97 Å². The highest BCUT2D eigenvalue weighted by atomic mass is 16.3. The summed E-state index contributed by atoms with van der Waals surface area (Å²) in [4.78, 5) is 9.61. The molecular weight excluding hydrogens is 367 g/mol. The monoisotopic (exact) mass is 390 g/mol. The van der Waals surface area contributed by atoms with Crippen LogP contribution in [0.2, 0.25) is 0 Å². The van der Waals surface area contributed by atoms with Crippen molar-refractivity contribution in [2.24, 2.45) is 0 Å². The molecule has 0 aliphatic heterocycles. The van der Waals surface area contributed by atoms with E-state index in [0.717, 1.165) is 38.5 Å². The van der Waals surface area contributed by atoms with Crippen molar-refractivity contribution >= 4 is 40.8 Å². The predicted octanol–water partition coefficient (Wildman–Crippen LogP) is 5.99. The second-order valence-corrected chi connectivity index (χ2v) is 8.87. The van der Waals surface area contributed by atoms with Crippen LogP contribution >= 0.6 is 0 Å². The summed E-state index contributed by atoms with van der Waals surface area (Å²) >= 11 is 0. The molecule has 6 rings (SSSR count). The van der Waals surface area contributed by atoms with Crippen LogP contribution in [-0.2, 0) is 5.31 Å². The minimum absolute atomic E-state index is 0.263. The first-order valence-electron chi connectivity index (χ1n) is 10.9. The zero-order valence-electron chi connectivity index (χ0n) is 17.2. The molecule has 4 heteroatoms. The topological polar surface area (TPSA) is 38.9 Å². The highest BCUT2D eigenvalue weighted by Gasteiger charge is 2.29. The number of aromatic nitrogens is 2. The van der Waals surface area contributed by atoms with Gasteiger partial charge in [-0.1, -0.05) is 68.5 Å². The Labute approximate surface area is 176 Å². The second kappa shape index (κ2) is 6.70. The van der Waals surface area contributed by atoms with Crippen molar-refractivity contribution in [3.05, 3.63) is 72.4 Å². The summed E-state index contributed by atoms with van der Waals surface area (Å²) in [6, 6.07) is 21.0. The van der Waals surface area contributed by atoms with Crippen molar-refractivity contribution in [3.8, 4) is 11.3 Å². The Morgan fingerprint density at radius 1 is 0.867 bits per heavy atom. The fourth-order valence-corrected chi connectivity index (χ4v) is 5.06. The molecule has 1 aliphatic carbocycles. The van der Waals surface area contributed by atoms with Crippen LogP contribution in [0.5, 0.6) is 0 Å². The van der Waals surface area contributed by atoms with Gasteiger partial charge >= 0.3 is 0 Å². The number of pyridine rings is 2. The lowest BCUT2D eigenvalue weighted by Crippen LogP contribution is -2.29. The molecule has 1 saturated carbocycles. The lowest BCUT2D eigenvalue weighted by atomic mass is 9.57. The first-order valence-corrected chi connectivity index (χ1v) is 10.9. The largest absolute Gasteiger partial charge is 0.437 e. The van der Waals surface area contributed by atoms with Crippen LogP contribution in [0, 0.1) is 0 Å². The van der Waals surface area contributed by atoms with E-state index < -0.39 is 0 Å². The Morgan fingerprint density at radius 2 is 1.73 bits per heavy atom. The number of hydrogen-bond donors (Lipinski definition) is 0. The van der Waals surface area contributed by atoms with Crippen molar-refractivity contribution < 1.29 is 4.42 Å². The summed E-state index contributed by atoms with van der Waals surface area (Å²) in [6.07, 6.45) is 8.58. The standard InChI is InChI=1S/C26H23BN2O/c27-26(13-4-1-5-14-26)18-11-12-23(28-16-18)20-9-6-8-19-21-15-17-7-2-3-10-22(17)29-25(21)30-24(19)20/h2-3,6-12,15-16H,1,4-5,13-14,27H2. The first kappa shape index (κ1) is 17.7. The van der Waals surface area contributed by atoms with E-state index in [1.165, 1.54) is 37.7 Å². The number of para-hydroxylation sites is 2. The van der Waals surface area contributed by atoms with Gasteiger partial charge < -0.3 is 4.42 Å². The number of benzene rings is 2. The average Bonchev–Trinajstić information content (AvgIpc) is 3.16. The van der Waals surface area contributed by atoms with Crippen LogP contribution in [0.15, 0.2) is 71.3 Å². The number of furan rings is 1. The van der Waals surface area contributed by atoms with Crippen molar-refractivity contribution in [2.45, 2.75) is 37.4 Å². The molecule has 146 valence electrons. The third-order valence-corrected chi connectivity index (χ3v) is 6.89. The molecule has 0 saturated heterocycles. The smallest absolute Gasteiger partial charge is 0.227 e. The van der Waals surface area contributed by atoms with Gasteiger partial charge in [0.1, 0.15) is 13.4 Å². The summed E-state index contributed by atoms with van der Waals surface area (Å²) in [5, 5.41) is 3.53. The number of hydrogen-bond acceptors (Lipinski definition) is 3. The summed E-state index contributed by atoms with van der Waals surface area (Å²) in [5.74, 6) is 0. The van der Waals surface area contributed by atoms with Crippen molar-refractivity contribution in [1.29, 1.82) is 0 Å². The quantitative estimate of drug-likeness (QED) is 0.348. The molecule has 30 heavy (non-hydrogen) atoms. The van der Waals surface area contributed by atoms with E-state index in [-0.39, 0.29) is 5.31 Å². The summed E-state index contributed by atoms with van der Waals surface area (Å²) in [6.45, 7) is 0. The van der Waals surface area contributed by atoms with E-state index in [0.29, 0.717) is 5.71 Å². The van der Waals surface area contributed by atoms with E-state index >= 15 is 0 Å². The van der Waals surface area contributed by atoms with E-state index in [4.69, 9.17) is 14.4 Å². The lowest BCUT2D eigenvalue weighted by Gasteiger charge is -2.34. The van der Waals surface area contributed by atoms with Crippen LogP contribution in [0.25, 0.3) is 44.2 Å². The first-order chi connectivity index (χ1) is 14.7. The molecule has 0 atom stereocenters. The van der Waals surface area contributed by atoms with Crippen LogP contribution in [-0.4, -0.2) is 17.8 Å². The molecular formula is C26H23BN2O. The molecule has 3 heterocycles. The second-order valence-electron chi connectivity index (χ2n) is 8.87. The molecule has 3 aromatic heterocycles. The average molecular weight is 390 g/mol.